The van der Waals surface area contributed by atoms with E-state index in [2.05, 4.69) is 27.4 Å². The zero-order valence-electron chi connectivity index (χ0n) is 8.36. The van der Waals surface area contributed by atoms with Crippen LogP contribution in [0.25, 0.3) is 0 Å². The van der Waals surface area contributed by atoms with E-state index >= 15 is 0 Å². The zero-order chi connectivity index (χ0) is 10.8. The molecule has 1 rings (SSSR count). The average molecular weight is 227 g/mol. The van der Waals surface area contributed by atoms with Gasteiger partial charge in [0.05, 0.1) is 5.56 Å². The average Bonchev–Trinajstić information content (AvgIpc) is 2.21. The molecular weight excluding hydrogens is 212 g/mol. The molecule has 0 bridgehead atoms. The van der Waals surface area contributed by atoms with E-state index < -0.39 is 5.97 Å². The number of carboxylic acid groups (broad SMARTS) is 1. The summed E-state index contributed by atoms with van der Waals surface area (Å²) in [5.41, 5.74) is 0.331. The number of carboxylic acids is 1. The standard InChI is InChI=1S/C7H6O2.C4H9.Ti/c8-7(9)6-4-2-1-3-5-6;1-3-4-2;/h1-5H,(H,8,9);1,3-4H2,2H3;. The van der Waals surface area contributed by atoms with Gasteiger partial charge in [-0.05, 0) is 12.1 Å². The van der Waals surface area contributed by atoms with Crippen LogP contribution in [0.4, 0.5) is 0 Å². The predicted octanol–water partition coefficient (Wildman–Crippen LogP) is 3.14. The zero-order valence-corrected chi connectivity index (χ0v) is 9.93. The molecule has 0 saturated heterocycles. The van der Waals surface area contributed by atoms with Gasteiger partial charge >= 0.3 is 50.9 Å². The van der Waals surface area contributed by atoms with Gasteiger partial charge in [-0.15, -0.1) is 0 Å². The molecule has 0 fully saturated rings. The van der Waals surface area contributed by atoms with E-state index in [0.29, 0.717) is 5.56 Å². The normalized spacial score (nSPS) is 8.57. The molecule has 0 aromatic heterocycles. The maximum Gasteiger partial charge on any atom is 0.335 e. The maximum atomic E-state index is 10.2. The van der Waals surface area contributed by atoms with Gasteiger partial charge in [0.25, 0.3) is 0 Å². The predicted molar refractivity (Wildman–Crippen MR) is 53.1 cm³/mol. The summed E-state index contributed by atoms with van der Waals surface area (Å²) in [7, 11) is 0. The largest absolute Gasteiger partial charge is 0.478 e. The number of unbranched alkanes of at least 4 members (excludes halogenated alkanes) is 1. The van der Waals surface area contributed by atoms with E-state index in [1.54, 1.807) is 30.3 Å². The number of hydrogen-bond acceptors (Lipinski definition) is 1. The summed E-state index contributed by atoms with van der Waals surface area (Å²) in [6.45, 7) is 2.21. The van der Waals surface area contributed by atoms with Crippen LogP contribution in [-0.2, 0) is 20.4 Å². The van der Waals surface area contributed by atoms with Gasteiger partial charge in [-0.1, -0.05) is 18.2 Å². The number of aromatic carboxylic acids is 1. The number of hydrogen-bond donors (Lipinski definition) is 1. The van der Waals surface area contributed by atoms with Crippen LogP contribution in [0.15, 0.2) is 30.3 Å². The van der Waals surface area contributed by atoms with Crippen LogP contribution in [0.3, 0.4) is 0 Å². The fraction of sp³-hybridized carbons (Fsp3) is 0.364. The van der Waals surface area contributed by atoms with Crippen molar-refractivity contribution in [3.8, 4) is 0 Å². The van der Waals surface area contributed by atoms with E-state index in [1.165, 1.54) is 17.6 Å². The van der Waals surface area contributed by atoms with Gasteiger partial charge in [0, 0.05) is 0 Å². The molecule has 1 N–H and O–H groups in total. The molecule has 14 heavy (non-hydrogen) atoms. The second-order valence-corrected chi connectivity index (χ2v) is 3.56. The molecule has 0 unspecified atom stereocenters. The Morgan fingerprint density at radius 3 is 2.14 bits per heavy atom. The van der Waals surface area contributed by atoms with Crippen molar-refractivity contribution in [2.45, 2.75) is 24.5 Å². The topological polar surface area (TPSA) is 37.3 Å². The molecule has 0 saturated carbocycles. The van der Waals surface area contributed by atoms with Crippen LogP contribution in [0, 0.1) is 0 Å². The second-order valence-electron chi connectivity index (χ2n) is 2.77. The van der Waals surface area contributed by atoms with Crippen LogP contribution in [-0.4, -0.2) is 11.1 Å². The summed E-state index contributed by atoms with van der Waals surface area (Å²) in [6.07, 6.45) is 2.73. The molecule has 1 aromatic rings. The molecule has 0 heterocycles. The Labute approximate surface area is 96.7 Å². The third-order valence-corrected chi connectivity index (χ3v) is 2.10. The monoisotopic (exact) mass is 227 g/mol. The first kappa shape index (κ1) is 13.4. The van der Waals surface area contributed by atoms with Crippen LogP contribution < -0.4 is 0 Å². The van der Waals surface area contributed by atoms with E-state index in [9.17, 15) is 4.79 Å². The summed E-state index contributed by atoms with van der Waals surface area (Å²) in [5, 5.41) is 8.38. The molecule has 3 heteroatoms. The minimum atomic E-state index is -0.879. The molecule has 2 nitrogen and oxygen atoms in total. The first-order valence-electron chi connectivity index (χ1n) is 4.65. The van der Waals surface area contributed by atoms with E-state index in [4.69, 9.17) is 5.11 Å². The molecule has 1 aromatic carbocycles. The molecular formula is C11H15O2Ti. The molecule has 0 aliphatic heterocycles. The number of carbonyl (C=O) groups is 1. The molecule has 0 aliphatic carbocycles. The smallest absolute Gasteiger partial charge is 0.335 e. The summed E-state index contributed by atoms with van der Waals surface area (Å²) < 4.78 is 1.34. The van der Waals surface area contributed by atoms with Crippen molar-refractivity contribution in [2.75, 3.05) is 0 Å². The van der Waals surface area contributed by atoms with E-state index in [1.807, 2.05) is 0 Å². The Morgan fingerprint density at radius 1 is 1.36 bits per heavy atom. The Hall–Kier alpha value is -0.596. The van der Waals surface area contributed by atoms with Crippen LogP contribution >= 0.6 is 0 Å². The summed E-state index contributed by atoms with van der Waals surface area (Å²) >= 11 is 2.21. The van der Waals surface area contributed by atoms with Gasteiger partial charge in [-0.2, -0.15) is 0 Å². The summed E-state index contributed by atoms with van der Waals surface area (Å²) in [4.78, 5) is 10.2. The SMILES string of the molecule is CCC[CH2][Ti].O=C(O)c1ccccc1. The van der Waals surface area contributed by atoms with E-state index in [0.717, 1.165) is 0 Å². The first-order valence-corrected chi connectivity index (χ1v) is 5.75. The number of rotatable bonds is 3. The third-order valence-electron chi connectivity index (χ3n) is 1.55. The van der Waals surface area contributed by atoms with Crippen molar-refractivity contribution < 1.29 is 30.3 Å². The van der Waals surface area contributed by atoms with Gasteiger partial charge in [-0.25, -0.2) is 4.79 Å². The van der Waals surface area contributed by atoms with Gasteiger partial charge < -0.3 is 5.11 Å². The van der Waals surface area contributed by atoms with Crippen molar-refractivity contribution in [1.82, 2.24) is 0 Å². The molecule has 0 atom stereocenters. The van der Waals surface area contributed by atoms with Crippen molar-refractivity contribution in [2.24, 2.45) is 0 Å². The fourth-order valence-electron chi connectivity index (χ4n) is 0.758. The van der Waals surface area contributed by atoms with Gasteiger partial charge in [0.2, 0.25) is 0 Å². The third kappa shape index (κ3) is 6.87. The second kappa shape index (κ2) is 8.98. The van der Waals surface area contributed by atoms with Gasteiger partial charge in [0.1, 0.15) is 0 Å². The van der Waals surface area contributed by atoms with Gasteiger partial charge in [-0.3, -0.25) is 0 Å². The quantitative estimate of drug-likeness (QED) is 0.805. The van der Waals surface area contributed by atoms with Crippen molar-refractivity contribution >= 4 is 5.97 Å². The van der Waals surface area contributed by atoms with Crippen LogP contribution in [0.2, 0.25) is 4.73 Å². The minimum Gasteiger partial charge on any atom is -0.478 e. The Morgan fingerprint density at radius 2 is 1.93 bits per heavy atom. The van der Waals surface area contributed by atoms with Crippen molar-refractivity contribution in [3.05, 3.63) is 35.9 Å². The molecule has 0 aliphatic rings. The Bertz CT molecular complexity index is 245. The molecule has 75 valence electrons. The van der Waals surface area contributed by atoms with Crippen LogP contribution in [0.5, 0.6) is 0 Å². The molecule has 0 radical (unpaired) electrons. The van der Waals surface area contributed by atoms with Gasteiger partial charge in [0.15, 0.2) is 0 Å². The Balaban J connectivity index is 0.000000292. The molecule has 0 spiro atoms. The number of benzene rings is 1. The maximum absolute atomic E-state index is 10.2. The summed E-state index contributed by atoms with van der Waals surface area (Å²) in [6, 6.07) is 8.30. The minimum absolute atomic E-state index is 0.331. The first-order chi connectivity index (χ1) is 6.72. The van der Waals surface area contributed by atoms with Crippen molar-refractivity contribution in [3.63, 3.8) is 0 Å². The molecule has 0 amide bonds. The van der Waals surface area contributed by atoms with Crippen molar-refractivity contribution in [1.29, 1.82) is 0 Å². The van der Waals surface area contributed by atoms with E-state index in [-0.39, 0.29) is 0 Å². The fourth-order valence-corrected chi connectivity index (χ4v) is 1.31. The Kier molecular flexibility index (Phi) is 8.60. The summed E-state index contributed by atoms with van der Waals surface area (Å²) in [5.74, 6) is -0.879. The van der Waals surface area contributed by atoms with Crippen LogP contribution in [0.1, 0.15) is 30.1 Å².